The maximum absolute atomic E-state index is 12.6. The molecule has 0 bridgehead atoms. The number of sulfonamides is 1. The summed E-state index contributed by atoms with van der Waals surface area (Å²) in [7, 11) is -3.55. The fourth-order valence-electron chi connectivity index (χ4n) is 3.06. The summed E-state index contributed by atoms with van der Waals surface area (Å²) in [5.41, 5.74) is 3.99. The van der Waals surface area contributed by atoms with Gasteiger partial charge >= 0.3 is 0 Å². The van der Waals surface area contributed by atoms with Gasteiger partial charge in [0, 0.05) is 17.4 Å². The SMILES string of the molecule is CC(C)Nc1ccc(NS(=O)(=O)c2ccc3c(c2)CCCC3)cc1. The summed E-state index contributed by atoms with van der Waals surface area (Å²) in [6.07, 6.45) is 4.34. The van der Waals surface area contributed by atoms with Crippen LogP contribution >= 0.6 is 0 Å². The van der Waals surface area contributed by atoms with Crippen LogP contribution in [-0.2, 0) is 22.9 Å². The number of rotatable bonds is 5. The molecule has 0 aromatic heterocycles. The average molecular weight is 344 g/mol. The van der Waals surface area contributed by atoms with E-state index in [1.54, 1.807) is 18.2 Å². The minimum absolute atomic E-state index is 0.336. The number of anilines is 2. The summed E-state index contributed by atoms with van der Waals surface area (Å²) in [5, 5.41) is 3.28. The van der Waals surface area contributed by atoms with Gasteiger partial charge in [-0.3, -0.25) is 4.72 Å². The number of hydrogen-bond acceptors (Lipinski definition) is 3. The molecule has 0 saturated carbocycles. The molecule has 0 radical (unpaired) electrons. The molecule has 2 aromatic rings. The predicted octanol–water partition coefficient (Wildman–Crippen LogP) is 4.19. The Morgan fingerprint density at radius 3 is 2.17 bits per heavy atom. The lowest BCUT2D eigenvalue weighted by Gasteiger charge is -2.17. The summed E-state index contributed by atoms with van der Waals surface area (Å²) < 4.78 is 27.9. The molecule has 1 aliphatic rings. The first-order chi connectivity index (χ1) is 11.4. The maximum Gasteiger partial charge on any atom is 0.261 e. The Morgan fingerprint density at radius 2 is 1.50 bits per heavy atom. The molecule has 0 aliphatic heterocycles. The molecule has 0 unspecified atom stereocenters. The summed E-state index contributed by atoms with van der Waals surface area (Å²) in [4.78, 5) is 0.340. The van der Waals surface area contributed by atoms with E-state index >= 15 is 0 Å². The van der Waals surface area contributed by atoms with Gasteiger partial charge in [-0.1, -0.05) is 6.07 Å². The highest BCUT2D eigenvalue weighted by atomic mass is 32.2. The Labute approximate surface area is 144 Å². The highest BCUT2D eigenvalue weighted by Gasteiger charge is 2.17. The van der Waals surface area contributed by atoms with E-state index in [2.05, 4.69) is 23.9 Å². The molecule has 128 valence electrons. The molecule has 2 aromatic carbocycles. The van der Waals surface area contributed by atoms with E-state index in [1.807, 2.05) is 24.3 Å². The number of hydrogen-bond donors (Lipinski definition) is 2. The van der Waals surface area contributed by atoms with Crippen LogP contribution in [0.2, 0.25) is 0 Å². The van der Waals surface area contributed by atoms with E-state index in [4.69, 9.17) is 0 Å². The summed E-state index contributed by atoms with van der Waals surface area (Å²) in [5.74, 6) is 0. The number of aryl methyl sites for hydroxylation is 2. The van der Waals surface area contributed by atoms with Gasteiger partial charge in [0.2, 0.25) is 0 Å². The largest absolute Gasteiger partial charge is 0.383 e. The average Bonchev–Trinajstić information content (AvgIpc) is 2.55. The first-order valence-electron chi connectivity index (χ1n) is 8.45. The minimum Gasteiger partial charge on any atom is -0.383 e. The molecule has 2 N–H and O–H groups in total. The summed E-state index contributed by atoms with van der Waals surface area (Å²) in [6, 6.07) is 13.1. The van der Waals surface area contributed by atoms with Crippen molar-refractivity contribution < 1.29 is 8.42 Å². The second kappa shape index (κ2) is 6.85. The van der Waals surface area contributed by atoms with Crippen LogP contribution in [0.25, 0.3) is 0 Å². The second-order valence-electron chi connectivity index (χ2n) is 6.62. The molecule has 0 atom stereocenters. The van der Waals surface area contributed by atoms with Crippen molar-refractivity contribution in [2.75, 3.05) is 10.0 Å². The van der Waals surface area contributed by atoms with Crippen molar-refractivity contribution in [3.8, 4) is 0 Å². The van der Waals surface area contributed by atoms with Crippen molar-refractivity contribution in [2.24, 2.45) is 0 Å². The third kappa shape index (κ3) is 3.90. The first kappa shape index (κ1) is 16.8. The zero-order chi connectivity index (χ0) is 17.2. The van der Waals surface area contributed by atoms with E-state index in [9.17, 15) is 8.42 Å². The van der Waals surface area contributed by atoms with E-state index in [-0.39, 0.29) is 0 Å². The zero-order valence-electron chi connectivity index (χ0n) is 14.2. The molecular weight excluding hydrogens is 320 g/mol. The molecular formula is C19H24N2O2S. The maximum atomic E-state index is 12.6. The van der Waals surface area contributed by atoms with Crippen LogP contribution in [0, 0.1) is 0 Å². The molecule has 5 heteroatoms. The molecule has 0 spiro atoms. The van der Waals surface area contributed by atoms with Crippen molar-refractivity contribution in [1.29, 1.82) is 0 Å². The summed E-state index contributed by atoms with van der Waals surface area (Å²) >= 11 is 0. The Bertz CT molecular complexity index is 812. The monoisotopic (exact) mass is 344 g/mol. The van der Waals surface area contributed by atoms with Crippen LogP contribution in [0.3, 0.4) is 0 Å². The molecule has 0 amide bonds. The van der Waals surface area contributed by atoms with E-state index in [1.165, 1.54) is 17.5 Å². The lowest BCUT2D eigenvalue weighted by molar-refractivity contribution is 0.600. The number of fused-ring (bicyclic) bond motifs is 1. The van der Waals surface area contributed by atoms with E-state index in [0.29, 0.717) is 16.6 Å². The van der Waals surface area contributed by atoms with E-state index < -0.39 is 10.0 Å². The van der Waals surface area contributed by atoms with Gasteiger partial charge < -0.3 is 5.32 Å². The van der Waals surface area contributed by atoms with Crippen LogP contribution in [0.15, 0.2) is 47.4 Å². The quantitative estimate of drug-likeness (QED) is 0.855. The van der Waals surface area contributed by atoms with Gasteiger partial charge in [0.05, 0.1) is 4.90 Å². The lowest BCUT2D eigenvalue weighted by Crippen LogP contribution is -2.14. The Hall–Kier alpha value is -2.01. The lowest BCUT2D eigenvalue weighted by atomic mass is 9.92. The fourth-order valence-corrected chi connectivity index (χ4v) is 4.17. The van der Waals surface area contributed by atoms with Gasteiger partial charge in [-0.05, 0) is 87.1 Å². The molecule has 0 heterocycles. The van der Waals surface area contributed by atoms with Crippen molar-refractivity contribution >= 4 is 21.4 Å². The van der Waals surface area contributed by atoms with Crippen LogP contribution in [0.5, 0.6) is 0 Å². The first-order valence-corrected chi connectivity index (χ1v) is 9.93. The van der Waals surface area contributed by atoms with Gasteiger partial charge in [-0.15, -0.1) is 0 Å². The van der Waals surface area contributed by atoms with Crippen LogP contribution in [0.4, 0.5) is 11.4 Å². The van der Waals surface area contributed by atoms with Gasteiger partial charge in [0.1, 0.15) is 0 Å². The van der Waals surface area contributed by atoms with Crippen LogP contribution in [-0.4, -0.2) is 14.5 Å². The molecule has 4 nitrogen and oxygen atoms in total. The molecule has 0 saturated heterocycles. The van der Waals surface area contributed by atoms with Crippen LogP contribution < -0.4 is 10.0 Å². The highest BCUT2D eigenvalue weighted by Crippen LogP contribution is 2.25. The van der Waals surface area contributed by atoms with Crippen molar-refractivity contribution in [2.45, 2.75) is 50.5 Å². The van der Waals surface area contributed by atoms with Gasteiger partial charge in [0.15, 0.2) is 0 Å². The smallest absolute Gasteiger partial charge is 0.261 e. The Balaban J connectivity index is 1.78. The fraction of sp³-hybridized carbons (Fsp3) is 0.368. The number of nitrogens with one attached hydrogen (secondary N) is 2. The van der Waals surface area contributed by atoms with Gasteiger partial charge in [0.25, 0.3) is 10.0 Å². The zero-order valence-corrected chi connectivity index (χ0v) is 15.0. The van der Waals surface area contributed by atoms with Crippen LogP contribution in [0.1, 0.15) is 37.8 Å². The minimum atomic E-state index is -3.55. The molecule has 3 rings (SSSR count). The second-order valence-corrected chi connectivity index (χ2v) is 8.30. The van der Waals surface area contributed by atoms with Gasteiger partial charge in [-0.25, -0.2) is 8.42 Å². The molecule has 24 heavy (non-hydrogen) atoms. The van der Waals surface area contributed by atoms with Crippen molar-refractivity contribution in [1.82, 2.24) is 0 Å². The Morgan fingerprint density at radius 1 is 0.875 bits per heavy atom. The topological polar surface area (TPSA) is 58.2 Å². The van der Waals surface area contributed by atoms with E-state index in [0.717, 1.165) is 24.9 Å². The van der Waals surface area contributed by atoms with Gasteiger partial charge in [-0.2, -0.15) is 0 Å². The standard InChI is InChI=1S/C19H24N2O2S/c1-14(2)20-17-8-10-18(11-9-17)21-24(22,23)19-12-7-15-5-3-4-6-16(15)13-19/h7-14,20-21H,3-6H2,1-2H3. The summed E-state index contributed by atoms with van der Waals surface area (Å²) in [6.45, 7) is 4.12. The van der Waals surface area contributed by atoms with Crippen molar-refractivity contribution in [3.63, 3.8) is 0 Å². The molecule has 1 aliphatic carbocycles. The normalized spacial score (nSPS) is 14.3. The van der Waals surface area contributed by atoms with Crippen molar-refractivity contribution in [3.05, 3.63) is 53.6 Å². The predicted molar refractivity (Wildman–Crippen MR) is 99.1 cm³/mol. The molecule has 0 fully saturated rings. The highest BCUT2D eigenvalue weighted by molar-refractivity contribution is 7.92. The number of benzene rings is 2. The third-order valence-electron chi connectivity index (χ3n) is 4.22. The Kier molecular flexibility index (Phi) is 4.81. The third-order valence-corrected chi connectivity index (χ3v) is 5.60.